The molecule has 2 aromatic rings. The molecule has 26 heavy (non-hydrogen) atoms. The molecule has 0 fully saturated rings. The van der Waals surface area contributed by atoms with Gasteiger partial charge < -0.3 is 20.3 Å². The summed E-state index contributed by atoms with van der Waals surface area (Å²) in [6.45, 7) is 5.20. The lowest BCUT2D eigenvalue weighted by Gasteiger charge is -2.13. The van der Waals surface area contributed by atoms with Gasteiger partial charge in [0, 0.05) is 29.9 Å². The number of hydrogen-bond acceptors (Lipinski definition) is 4. The van der Waals surface area contributed by atoms with Crippen molar-refractivity contribution in [3.8, 4) is 5.75 Å². The SMILES string of the molecule is CN=C(NCc1cccc(OCCN(C)C)c1)NCc1ccc(C)s1.I. The third kappa shape index (κ3) is 8.37. The molecular formula is C19H29IN4OS. The molecule has 2 N–H and O–H groups in total. The van der Waals surface area contributed by atoms with E-state index in [4.69, 9.17) is 4.74 Å². The Labute approximate surface area is 177 Å². The minimum atomic E-state index is 0. The Balaban J connectivity index is 0.00000338. The van der Waals surface area contributed by atoms with Crippen LogP contribution in [0.2, 0.25) is 0 Å². The molecule has 5 nitrogen and oxygen atoms in total. The molecule has 0 spiro atoms. The van der Waals surface area contributed by atoms with Gasteiger partial charge in [-0.2, -0.15) is 0 Å². The number of thiophene rings is 1. The number of aryl methyl sites for hydroxylation is 1. The highest BCUT2D eigenvalue weighted by atomic mass is 127. The Morgan fingerprint density at radius 2 is 1.92 bits per heavy atom. The number of ether oxygens (including phenoxy) is 1. The first kappa shape index (κ1) is 22.7. The number of nitrogens with one attached hydrogen (secondary N) is 2. The predicted molar refractivity (Wildman–Crippen MR) is 122 cm³/mol. The zero-order valence-electron chi connectivity index (χ0n) is 15.9. The van der Waals surface area contributed by atoms with Crippen LogP contribution in [0.25, 0.3) is 0 Å². The summed E-state index contributed by atoms with van der Waals surface area (Å²) in [5.41, 5.74) is 1.16. The van der Waals surface area contributed by atoms with E-state index in [0.717, 1.165) is 30.4 Å². The average molecular weight is 488 g/mol. The van der Waals surface area contributed by atoms with E-state index in [-0.39, 0.29) is 24.0 Å². The van der Waals surface area contributed by atoms with Gasteiger partial charge in [0.25, 0.3) is 0 Å². The Hall–Kier alpha value is -1.32. The molecule has 0 bridgehead atoms. The van der Waals surface area contributed by atoms with Crippen LogP contribution in [-0.2, 0) is 13.1 Å². The van der Waals surface area contributed by atoms with Gasteiger partial charge in [-0.1, -0.05) is 12.1 Å². The predicted octanol–water partition coefficient (Wildman–Crippen LogP) is 3.48. The molecule has 0 radical (unpaired) electrons. The number of benzene rings is 1. The van der Waals surface area contributed by atoms with Crippen molar-refractivity contribution >= 4 is 41.3 Å². The summed E-state index contributed by atoms with van der Waals surface area (Å²) in [7, 11) is 5.87. The van der Waals surface area contributed by atoms with Crippen molar-refractivity contribution in [1.82, 2.24) is 15.5 Å². The maximum atomic E-state index is 5.78. The van der Waals surface area contributed by atoms with Crippen LogP contribution in [0.5, 0.6) is 5.75 Å². The topological polar surface area (TPSA) is 48.9 Å². The van der Waals surface area contributed by atoms with Crippen molar-refractivity contribution in [1.29, 1.82) is 0 Å². The van der Waals surface area contributed by atoms with Crippen LogP contribution in [0.4, 0.5) is 0 Å². The second kappa shape index (κ2) is 12.1. The lowest BCUT2D eigenvalue weighted by atomic mass is 10.2. The maximum Gasteiger partial charge on any atom is 0.191 e. The van der Waals surface area contributed by atoms with E-state index in [1.165, 1.54) is 9.75 Å². The fourth-order valence-corrected chi connectivity index (χ4v) is 3.08. The minimum absolute atomic E-state index is 0. The van der Waals surface area contributed by atoms with E-state index in [1.54, 1.807) is 18.4 Å². The third-order valence-corrected chi connectivity index (χ3v) is 4.62. The molecule has 0 atom stereocenters. The lowest BCUT2D eigenvalue weighted by molar-refractivity contribution is 0.261. The molecule has 1 aromatic heterocycles. The van der Waals surface area contributed by atoms with Crippen molar-refractivity contribution in [2.45, 2.75) is 20.0 Å². The van der Waals surface area contributed by atoms with Crippen LogP contribution in [0.1, 0.15) is 15.3 Å². The summed E-state index contributed by atoms with van der Waals surface area (Å²) >= 11 is 1.80. The summed E-state index contributed by atoms with van der Waals surface area (Å²) < 4.78 is 5.78. The third-order valence-electron chi connectivity index (χ3n) is 3.62. The van der Waals surface area contributed by atoms with Crippen LogP contribution in [-0.4, -0.2) is 45.2 Å². The fourth-order valence-electron chi connectivity index (χ4n) is 2.25. The number of nitrogens with zero attached hydrogens (tertiary/aromatic N) is 2. The highest BCUT2D eigenvalue weighted by Gasteiger charge is 2.02. The standard InChI is InChI=1S/C19H28N4OS.HI/c1-15-8-9-18(25-15)14-22-19(20-2)21-13-16-6-5-7-17(12-16)24-11-10-23(3)4;/h5-9,12H,10-11,13-14H2,1-4H3,(H2,20,21,22);1H. The normalized spacial score (nSPS) is 11.2. The minimum Gasteiger partial charge on any atom is -0.492 e. The molecule has 0 aliphatic heterocycles. The Kier molecular flexibility index (Phi) is 10.6. The van der Waals surface area contributed by atoms with Crippen LogP contribution in [0, 0.1) is 6.92 Å². The van der Waals surface area contributed by atoms with Gasteiger partial charge in [-0.15, -0.1) is 35.3 Å². The number of rotatable bonds is 8. The molecule has 0 saturated heterocycles. The smallest absolute Gasteiger partial charge is 0.191 e. The van der Waals surface area contributed by atoms with Crippen LogP contribution in [0.15, 0.2) is 41.4 Å². The monoisotopic (exact) mass is 488 g/mol. The second-order valence-electron chi connectivity index (χ2n) is 6.09. The first-order valence-electron chi connectivity index (χ1n) is 8.43. The number of aliphatic imine (C=N–C) groups is 1. The van der Waals surface area contributed by atoms with Gasteiger partial charge in [0.2, 0.25) is 0 Å². The first-order chi connectivity index (χ1) is 12.1. The molecule has 0 aliphatic rings. The van der Waals surface area contributed by atoms with Gasteiger partial charge in [0.1, 0.15) is 12.4 Å². The molecule has 144 valence electrons. The quantitative estimate of drug-likeness (QED) is 0.340. The van der Waals surface area contributed by atoms with E-state index in [2.05, 4.69) is 51.7 Å². The van der Waals surface area contributed by atoms with Gasteiger partial charge in [0.15, 0.2) is 5.96 Å². The van der Waals surface area contributed by atoms with E-state index in [9.17, 15) is 0 Å². The number of guanidine groups is 1. The van der Waals surface area contributed by atoms with Crippen molar-refractivity contribution in [2.24, 2.45) is 4.99 Å². The largest absolute Gasteiger partial charge is 0.492 e. The van der Waals surface area contributed by atoms with Gasteiger partial charge in [-0.05, 0) is 50.8 Å². The number of halogens is 1. The summed E-state index contributed by atoms with van der Waals surface area (Å²) in [6.07, 6.45) is 0. The zero-order chi connectivity index (χ0) is 18.1. The second-order valence-corrected chi connectivity index (χ2v) is 7.46. The first-order valence-corrected chi connectivity index (χ1v) is 9.25. The molecule has 0 unspecified atom stereocenters. The summed E-state index contributed by atoms with van der Waals surface area (Å²) in [6, 6.07) is 12.5. The highest BCUT2D eigenvalue weighted by Crippen LogP contribution is 2.15. The van der Waals surface area contributed by atoms with E-state index in [1.807, 2.05) is 26.2 Å². The molecule has 0 aliphatic carbocycles. The van der Waals surface area contributed by atoms with Crippen molar-refractivity contribution < 1.29 is 4.74 Å². The Morgan fingerprint density at radius 3 is 2.58 bits per heavy atom. The molecule has 7 heteroatoms. The lowest BCUT2D eigenvalue weighted by Crippen LogP contribution is -2.36. The van der Waals surface area contributed by atoms with Crippen molar-refractivity contribution in [3.63, 3.8) is 0 Å². The maximum absolute atomic E-state index is 5.78. The van der Waals surface area contributed by atoms with Gasteiger partial charge in [-0.3, -0.25) is 4.99 Å². The summed E-state index contributed by atoms with van der Waals surface area (Å²) in [5, 5.41) is 6.69. The number of hydrogen-bond donors (Lipinski definition) is 2. The Morgan fingerprint density at radius 1 is 1.15 bits per heavy atom. The van der Waals surface area contributed by atoms with Crippen LogP contribution in [0.3, 0.4) is 0 Å². The molecular weight excluding hydrogens is 459 g/mol. The van der Waals surface area contributed by atoms with Gasteiger partial charge in [-0.25, -0.2) is 0 Å². The van der Waals surface area contributed by atoms with E-state index in [0.29, 0.717) is 13.2 Å². The van der Waals surface area contributed by atoms with Gasteiger partial charge >= 0.3 is 0 Å². The molecule has 2 rings (SSSR count). The van der Waals surface area contributed by atoms with Crippen LogP contribution < -0.4 is 15.4 Å². The van der Waals surface area contributed by atoms with Crippen LogP contribution >= 0.6 is 35.3 Å². The number of likely N-dealkylation sites (N-methyl/N-ethyl adjacent to an activating group) is 1. The molecule has 0 amide bonds. The highest BCUT2D eigenvalue weighted by molar-refractivity contribution is 14.0. The van der Waals surface area contributed by atoms with Crippen molar-refractivity contribution in [3.05, 3.63) is 51.7 Å². The molecule has 1 aromatic carbocycles. The fraction of sp³-hybridized carbons (Fsp3) is 0.421. The van der Waals surface area contributed by atoms with Crippen molar-refractivity contribution in [2.75, 3.05) is 34.3 Å². The Bertz CT molecular complexity index is 688. The summed E-state index contributed by atoms with van der Waals surface area (Å²) in [5.74, 6) is 1.70. The van der Waals surface area contributed by atoms with E-state index < -0.39 is 0 Å². The summed E-state index contributed by atoms with van der Waals surface area (Å²) in [4.78, 5) is 9.01. The molecule has 0 saturated carbocycles. The zero-order valence-corrected chi connectivity index (χ0v) is 19.1. The van der Waals surface area contributed by atoms with Gasteiger partial charge in [0.05, 0.1) is 6.54 Å². The molecule has 1 heterocycles. The van der Waals surface area contributed by atoms with E-state index >= 15 is 0 Å². The average Bonchev–Trinajstić information content (AvgIpc) is 3.00.